The molecule has 0 aliphatic carbocycles. The molecule has 174 valence electrons. The van der Waals surface area contributed by atoms with Crippen molar-refractivity contribution in [1.29, 1.82) is 0 Å². The highest BCUT2D eigenvalue weighted by atomic mass is 79.9. The predicted molar refractivity (Wildman–Crippen MR) is 133 cm³/mol. The first kappa shape index (κ1) is 26.5. The highest BCUT2D eigenvalue weighted by Gasteiger charge is 2.28. The Kier molecular flexibility index (Phi) is 9.86. The number of nitrogens with zero attached hydrogens (tertiary/aromatic N) is 1. The number of aryl methyl sites for hydroxylation is 2. The van der Waals surface area contributed by atoms with Crippen LogP contribution in [0.2, 0.25) is 10.0 Å². The van der Waals surface area contributed by atoms with Gasteiger partial charge in [-0.2, -0.15) is 0 Å². The van der Waals surface area contributed by atoms with Gasteiger partial charge in [0.25, 0.3) is 5.91 Å². The average molecular weight is 544 g/mol. The molecule has 0 aliphatic rings. The van der Waals surface area contributed by atoms with Crippen LogP contribution < -0.4 is 10.1 Å². The van der Waals surface area contributed by atoms with E-state index in [1.54, 1.807) is 25.1 Å². The smallest absolute Gasteiger partial charge is 0.261 e. The second-order valence-corrected chi connectivity index (χ2v) is 9.48. The molecule has 0 aliphatic heterocycles. The average Bonchev–Trinajstić information content (AvgIpc) is 2.74. The van der Waals surface area contributed by atoms with Crippen molar-refractivity contribution in [3.63, 3.8) is 0 Å². The minimum atomic E-state index is -0.735. The van der Waals surface area contributed by atoms with Crippen LogP contribution in [-0.4, -0.2) is 35.4 Å². The molecule has 0 saturated carbocycles. The quantitative estimate of drug-likeness (QED) is 0.416. The van der Waals surface area contributed by atoms with Crippen molar-refractivity contribution in [2.45, 2.75) is 59.7 Å². The summed E-state index contributed by atoms with van der Waals surface area (Å²) in [5.41, 5.74) is 2.60. The molecule has 0 fully saturated rings. The van der Waals surface area contributed by atoms with Crippen LogP contribution in [0.25, 0.3) is 0 Å². The molecule has 0 spiro atoms. The maximum atomic E-state index is 13.2. The molecule has 2 amide bonds. The topological polar surface area (TPSA) is 58.6 Å². The maximum Gasteiger partial charge on any atom is 0.261 e. The fraction of sp³-hybridized carbons (Fsp3) is 0.417. The third-order valence-electron chi connectivity index (χ3n) is 5.33. The van der Waals surface area contributed by atoms with E-state index in [0.29, 0.717) is 21.4 Å². The van der Waals surface area contributed by atoms with Crippen LogP contribution in [0, 0.1) is 13.8 Å². The minimum absolute atomic E-state index is 0.00392. The summed E-state index contributed by atoms with van der Waals surface area (Å²) in [7, 11) is 0. The Hall–Kier alpha value is -1.76. The number of nitrogens with one attached hydrogen (secondary N) is 1. The van der Waals surface area contributed by atoms with Gasteiger partial charge in [-0.3, -0.25) is 9.59 Å². The Morgan fingerprint density at radius 3 is 2.22 bits per heavy atom. The number of hydrogen-bond donors (Lipinski definition) is 1. The van der Waals surface area contributed by atoms with Crippen molar-refractivity contribution < 1.29 is 14.3 Å². The molecular formula is C24H29BrCl2N2O3. The number of amides is 2. The van der Waals surface area contributed by atoms with E-state index in [2.05, 4.69) is 21.2 Å². The molecule has 8 heteroatoms. The van der Waals surface area contributed by atoms with E-state index in [0.717, 1.165) is 22.0 Å². The lowest BCUT2D eigenvalue weighted by atomic mass is 10.1. The van der Waals surface area contributed by atoms with E-state index < -0.39 is 6.04 Å². The first-order valence-corrected chi connectivity index (χ1v) is 12.0. The van der Waals surface area contributed by atoms with E-state index in [9.17, 15) is 9.59 Å². The van der Waals surface area contributed by atoms with Crippen LogP contribution in [0.4, 0.5) is 0 Å². The van der Waals surface area contributed by atoms with Crippen molar-refractivity contribution >= 4 is 50.9 Å². The standard InChI is InChI=1S/C24H29BrCl2N2O3/c1-6-16(4)28-24(31)17(5)29(12-19-20(26)8-7-9-21(19)27)22(30)13-32-18-10-14(2)23(25)15(3)11-18/h7-11,16-17H,6,12-13H2,1-5H3,(H,28,31)/t16-,17+/m0/s1. The number of carbonyl (C=O) groups is 2. The lowest BCUT2D eigenvalue weighted by Gasteiger charge is -2.30. The summed E-state index contributed by atoms with van der Waals surface area (Å²) >= 11 is 16.2. The number of hydrogen-bond acceptors (Lipinski definition) is 3. The first-order chi connectivity index (χ1) is 15.0. The van der Waals surface area contributed by atoms with Gasteiger partial charge in [0.2, 0.25) is 5.91 Å². The van der Waals surface area contributed by atoms with E-state index >= 15 is 0 Å². The Bertz CT molecular complexity index is 940. The van der Waals surface area contributed by atoms with Crippen LogP contribution in [-0.2, 0) is 16.1 Å². The second kappa shape index (κ2) is 11.9. The Labute approximate surface area is 208 Å². The zero-order chi connectivity index (χ0) is 24.0. The zero-order valence-electron chi connectivity index (χ0n) is 19.0. The summed E-state index contributed by atoms with van der Waals surface area (Å²) < 4.78 is 6.79. The fourth-order valence-corrected chi connectivity index (χ4v) is 3.87. The maximum absolute atomic E-state index is 13.2. The van der Waals surface area contributed by atoms with Crippen LogP contribution >= 0.6 is 39.1 Å². The third-order valence-corrected chi connectivity index (χ3v) is 7.29. The molecule has 2 aromatic carbocycles. The van der Waals surface area contributed by atoms with Crippen LogP contribution in [0.1, 0.15) is 43.9 Å². The minimum Gasteiger partial charge on any atom is -0.484 e. The number of rotatable bonds is 9. The number of benzene rings is 2. The lowest BCUT2D eigenvalue weighted by molar-refractivity contribution is -0.142. The summed E-state index contributed by atoms with van der Waals surface area (Å²) in [5.74, 6) is 0.00112. The first-order valence-electron chi connectivity index (χ1n) is 10.5. The van der Waals surface area contributed by atoms with Gasteiger partial charge in [-0.1, -0.05) is 52.1 Å². The SMILES string of the molecule is CC[C@H](C)NC(=O)[C@@H](C)N(Cc1c(Cl)cccc1Cl)C(=O)COc1cc(C)c(Br)c(C)c1. The highest BCUT2D eigenvalue weighted by molar-refractivity contribution is 9.10. The van der Waals surface area contributed by atoms with Gasteiger partial charge in [0, 0.05) is 32.7 Å². The molecule has 2 rings (SSSR count). The molecule has 0 aromatic heterocycles. The molecule has 0 heterocycles. The predicted octanol–water partition coefficient (Wildman–Crippen LogP) is 6.08. The normalized spacial score (nSPS) is 12.8. The van der Waals surface area contributed by atoms with E-state index in [4.69, 9.17) is 27.9 Å². The molecule has 5 nitrogen and oxygen atoms in total. The fourth-order valence-electron chi connectivity index (χ4n) is 3.12. The summed E-state index contributed by atoms with van der Waals surface area (Å²) in [6, 6.07) is 8.13. The summed E-state index contributed by atoms with van der Waals surface area (Å²) in [6.45, 7) is 9.38. The Balaban J connectivity index is 2.26. The summed E-state index contributed by atoms with van der Waals surface area (Å²) in [5, 5.41) is 3.80. The Morgan fingerprint density at radius 2 is 1.69 bits per heavy atom. The van der Waals surface area contributed by atoms with Gasteiger partial charge in [0.15, 0.2) is 6.61 Å². The summed E-state index contributed by atoms with van der Waals surface area (Å²) in [4.78, 5) is 27.5. The molecule has 0 bridgehead atoms. The monoisotopic (exact) mass is 542 g/mol. The summed E-state index contributed by atoms with van der Waals surface area (Å²) in [6.07, 6.45) is 0.786. The van der Waals surface area contributed by atoms with Crippen molar-refractivity contribution in [3.8, 4) is 5.75 Å². The van der Waals surface area contributed by atoms with Crippen molar-refractivity contribution in [2.24, 2.45) is 0 Å². The second-order valence-electron chi connectivity index (χ2n) is 7.88. The van der Waals surface area contributed by atoms with Gasteiger partial charge in [-0.05, 0) is 69.5 Å². The van der Waals surface area contributed by atoms with Gasteiger partial charge in [-0.15, -0.1) is 0 Å². The van der Waals surface area contributed by atoms with Crippen molar-refractivity contribution in [2.75, 3.05) is 6.61 Å². The van der Waals surface area contributed by atoms with Gasteiger partial charge in [0.05, 0.1) is 0 Å². The van der Waals surface area contributed by atoms with Crippen molar-refractivity contribution in [1.82, 2.24) is 10.2 Å². The molecule has 2 atom stereocenters. The molecular weight excluding hydrogens is 515 g/mol. The van der Waals surface area contributed by atoms with Gasteiger partial charge >= 0.3 is 0 Å². The molecule has 1 N–H and O–H groups in total. The molecule has 0 radical (unpaired) electrons. The van der Waals surface area contributed by atoms with E-state index in [1.807, 2.05) is 39.8 Å². The van der Waals surface area contributed by atoms with Crippen LogP contribution in [0.15, 0.2) is 34.8 Å². The van der Waals surface area contributed by atoms with E-state index in [1.165, 1.54) is 4.90 Å². The van der Waals surface area contributed by atoms with Crippen LogP contribution in [0.5, 0.6) is 5.75 Å². The van der Waals surface area contributed by atoms with Gasteiger partial charge < -0.3 is 15.0 Å². The number of carbonyl (C=O) groups excluding carboxylic acids is 2. The largest absolute Gasteiger partial charge is 0.484 e. The lowest BCUT2D eigenvalue weighted by Crippen LogP contribution is -2.50. The highest BCUT2D eigenvalue weighted by Crippen LogP contribution is 2.28. The molecule has 2 aromatic rings. The number of halogens is 3. The van der Waals surface area contributed by atoms with E-state index in [-0.39, 0.29) is 31.0 Å². The third kappa shape index (κ3) is 6.87. The number of ether oxygens (including phenoxy) is 1. The molecule has 0 unspecified atom stereocenters. The molecule has 32 heavy (non-hydrogen) atoms. The molecule has 0 saturated heterocycles. The van der Waals surface area contributed by atoms with Crippen LogP contribution in [0.3, 0.4) is 0 Å². The van der Waals surface area contributed by atoms with Crippen molar-refractivity contribution in [3.05, 3.63) is 61.5 Å². The Morgan fingerprint density at radius 1 is 1.12 bits per heavy atom. The zero-order valence-corrected chi connectivity index (χ0v) is 22.1. The van der Waals surface area contributed by atoms with Gasteiger partial charge in [0.1, 0.15) is 11.8 Å². The van der Waals surface area contributed by atoms with Gasteiger partial charge in [-0.25, -0.2) is 0 Å².